The molecule has 2 aromatic carbocycles. The minimum absolute atomic E-state index is 0.590. The van der Waals surface area contributed by atoms with Crippen molar-refractivity contribution in [2.75, 3.05) is 0 Å². The lowest BCUT2D eigenvalue weighted by Gasteiger charge is -2.06. The second kappa shape index (κ2) is 5.14. The Labute approximate surface area is 118 Å². The van der Waals surface area contributed by atoms with Crippen LogP contribution in [0.3, 0.4) is 0 Å². The molecular weight excluding hydrogens is 250 g/mol. The van der Waals surface area contributed by atoms with Crippen molar-refractivity contribution < 1.29 is 0 Å². The van der Waals surface area contributed by atoms with Gasteiger partial charge in [0.25, 0.3) is 0 Å². The van der Waals surface area contributed by atoms with E-state index in [1.807, 2.05) is 11.8 Å². The minimum atomic E-state index is 0.590. The van der Waals surface area contributed by atoms with Gasteiger partial charge in [0.2, 0.25) is 0 Å². The summed E-state index contributed by atoms with van der Waals surface area (Å²) in [6.07, 6.45) is 2.09. The number of aromatic nitrogens is 1. The third kappa shape index (κ3) is 2.54. The summed E-state index contributed by atoms with van der Waals surface area (Å²) < 4.78 is 0. The monoisotopic (exact) mass is 267 g/mol. The third-order valence-electron chi connectivity index (χ3n) is 3.33. The van der Waals surface area contributed by atoms with Crippen molar-refractivity contribution in [3.63, 3.8) is 0 Å². The van der Waals surface area contributed by atoms with Gasteiger partial charge in [-0.2, -0.15) is 0 Å². The minimum Gasteiger partial charge on any atom is -0.360 e. The highest BCUT2D eigenvalue weighted by Gasteiger charge is 2.05. The van der Waals surface area contributed by atoms with Crippen LogP contribution in [0.15, 0.2) is 64.5 Å². The molecule has 0 aliphatic carbocycles. The summed E-state index contributed by atoms with van der Waals surface area (Å²) in [6, 6.07) is 17.3. The Morgan fingerprint density at radius 2 is 1.68 bits per heavy atom. The summed E-state index contributed by atoms with van der Waals surface area (Å²) in [5.74, 6) is 0.590. The molecule has 0 saturated carbocycles. The Bertz CT molecular complexity index is 680. The van der Waals surface area contributed by atoms with Gasteiger partial charge in [0, 0.05) is 26.9 Å². The molecule has 0 radical (unpaired) electrons. The molecule has 1 nitrogen and oxygen atoms in total. The molecule has 0 atom stereocenters. The van der Waals surface area contributed by atoms with Gasteiger partial charge < -0.3 is 4.98 Å². The normalized spacial score (nSPS) is 11.3. The number of hydrogen-bond donors (Lipinski definition) is 1. The molecular formula is C17H17NS. The number of fused-ring (bicyclic) bond motifs is 1. The van der Waals surface area contributed by atoms with E-state index >= 15 is 0 Å². The summed E-state index contributed by atoms with van der Waals surface area (Å²) in [7, 11) is 0. The smallest absolute Gasteiger partial charge is 0.0465 e. The van der Waals surface area contributed by atoms with Crippen LogP contribution in [0, 0.1) is 0 Å². The second-order valence-electron chi connectivity index (χ2n) is 5.02. The highest BCUT2D eigenvalue weighted by molar-refractivity contribution is 7.99. The maximum Gasteiger partial charge on any atom is 0.0465 e. The van der Waals surface area contributed by atoms with Gasteiger partial charge in [0.1, 0.15) is 0 Å². The number of aromatic amines is 1. The zero-order chi connectivity index (χ0) is 13.2. The summed E-state index contributed by atoms with van der Waals surface area (Å²) in [4.78, 5) is 5.89. The average molecular weight is 267 g/mol. The van der Waals surface area contributed by atoms with Crippen LogP contribution in [0.5, 0.6) is 0 Å². The van der Waals surface area contributed by atoms with Crippen LogP contribution in [0.25, 0.3) is 10.9 Å². The van der Waals surface area contributed by atoms with E-state index in [-0.39, 0.29) is 0 Å². The number of hydrogen-bond acceptors (Lipinski definition) is 1. The van der Waals surface area contributed by atoms with Crippen molar-refractivity contribution in [1.82, 2.24) is 4.98 Å². The lowest BCUT2D eigenvalue weighted by molar-refractivity contribution is 0.865. The highest BCUT2D eigenvalue weighted by Crippen LogP contribution is 2.33. The summed E-state index contributed by atoms with van der Waals surface area (Å²) in [6.45, 7) is 4.45. The Morgan fingerprint density at radius 1 is 0.947 bits per heavy atom. The van der Waals surface area contributed by atoms with Gasteiger partial charge in [0.05, 0.1) is 0 Å². The number of para-hydroxylation sites is 1. The quantitative estimate of drug-likeness (QED) is 0.668. The first kappa shape index (κ1) is 12.4. The number of rotatable bonds is 3. The molecule has 0 aliphatic heterocycles. The fraction of sp³-hybridized carbons (Fsp3) is 0.176. The SMILES string of the molecule is CC(C)c1ccc(Sc2c[nH]c3ccccc23)cc1. The standard InChI is InChI=1S/C17H17NS/c1-12(2)13-7-9-14(10-8-13)19-17-11-18-16-6-4-3-5-15(16)17/h3-12,18H,1-2H3. The first-order valence-corrected chi connectivity index (χ1v) is 7.39. The molecule has 3 rings (SSSR count). The molecule has 0 aliphatic rings. The molecule has 1 aromatic heterocycles. The van der Waals surface area contributed by atoms with E-state index in [4.69, 9.17) is 0 Å². The molecule has 0 spiro atoms. The van der Waals surface area contributed by atoms with E-state index in [1.54, 1.807) is 0 Å². The van der Waals surface area contributed by atoms with E-state index in [9.17, 15) is 0 Å². The first-order chi connectivity index (χ1) is 9.24. The Balaban J connectivity index is 1.88. The van der Waals surface area contributed by atoms with Crippen LogP contribution < -0.4 is 0 Å². The zero-order valence-corrected chi connectivity index (χ0v) is 12.0. The Hall–Kier alpha value is -1.67. The molecule has 1 N–H and O–H groups in total. The van der Waals surface area contributed by atoms with E-state index in [2.05, 4.69) is 73.6 Å². The third-order valence-corrected chi connectivity index (χ3v) is 4.39. The lowest BCUT2D eigenvalue weighted by atomic mass is 10.0. The van der Waals surface area contributed by atoms with Crippen LogP contribution in [-0.2, 0) is 0 Å². The van der Waals surface area contributed by atoms with Crippen molar-refractivity contribution in [2.24, 2.45) is 0 Å². The predicted molar refractivity (Wildman–Crippen MR) is 83.0 cm³/mol. The topological polar surface area (TPSA) is 15.8 Å². The van der Waals surface area contributed by atoms with Crippen molar-refractivity contribution >= 4 is 22.7 Å². The molecule has 0 fully saturated rings. The van der Waals surface area contributed by atoms with Crippen molar-refractivity contribution in [1.29, 1.82) is 0 Å². The lowest BCUT2D eigenvalue weighted by Crippen LogP contribution is -1.85. The number of benzene rings is 2. The Kier molecular flexibility index (Phi) is 3.34. The van der Waals surface area contributed by atoms with Crippen LogP contribution in [0.2, 0.25) is 0 Å². The molecule has 0 amide bonds. The van der Waals surface area contributed by atoms with Crippen molar-refractivity contribution in [3.05, 3.63) is 60.3 Å². The van der Waals surface area contributed by atoms with Crippen LogP contribution in [0.4, 0.5) is 0 Å². The fourth-order valence-electron chi connectivity index (χ4n) is 2.18. The molecule has 0 saturated heterocycles. The van der Waals surface area contributed by atoms with Crippen LogP contribution >= 0.6 is 11.8 Å². The largest absolute Gasteiger partial charge is 0.360 e. The Morgan fingerprint density at radius 3 is 2.42 bits per heavy atom. The van der Waals surface area contributed by atoms with Gasteiger partial charge >= 0.3 is 0 Å². The van der Waals surface area contributed by atoms with Gasteiger partial charge in [-0.05, 0) is 29.7 Å². The number of nitrogens with one attached hydrogen (secondary N) is 1. The van der Waals surface area contributed by atoms with Crippen molar-refractivity contribution in [3.8, 4) is 0 Å². The van der Waals surface area contributed by atoms with Gasteiger partial charge in [-0.1, -0.05) is 55.9 Å². The summed E-state index contributed by atoms with van der Waals surface area (Å²) in [5, 5.41) is 1.29. The molecule has 96 valence electrons. The maximum atomic E-state index is 3.32. The van der Waals surface area contributed by atoms with E-state index in [1.165, 1.54) is 26.3 Å². The van der Waals surface area contributed by atoms with Crippen LogP contribution in [-0.4, -0.2) is 4.98 Å². The van der Waals surface area contributed by atoms with Gasteiger partial charge in [-0.15, -0.1) is 0 Å². The molecule has 2 heteroatoms. The molecule has 3 aromatic rings. The summed E-state index contributed by atoms with van der Waals surface area (Å²) in [5.41, 5.74) is 2.59. The fourth-order valence-corrected chi connectivity index (χ4v) is 3.11. The molecule has 19 heavy (non-hydrogen) atoms. The predicted octanol–water partition coefficient (Wildman–Crippen LogP) is 5.44. The van der Waals surface area contributed by atoms with E-state index in [0.29, 0.717) is 5.92 Å². The molecule has 1 heterocycles. The van der Waals surface area contributed by atoms with Crippen molar-refractivity contribution in [2.45, 2.75) is 29.6 Å². The zero-order valence-electron chi connectivity index (χ0n) is 11.2. The molecule has 0 unspecified atom stereocenters. The first-order valence-electron chi connectivity index (χ1n) is 6.58. The maximum absolute atomic E-state index is 3.32. The van der Waals surface area contributed by atoms with Gasteiger partial charge in [-0.3, -0.25) is 0 Å². The highest BCUT2D eigenvalue weighted by atomic mass is 32.2. The van der Waals surface area contributed by atoms with E-state index in [0.717, 1.165) is 0 Å². The average Bonchev–Trinajstić information content (AvgIpc) is 2.83. The van der Waals surface area contributed by atoms with Gasteiger partial charge in [0.15, 0.2) is 0 Å². The molecule has 0 bridgehead atoms. The van der Waals surface area contributed by atoms with Crippen LogP contribution in [0.1, 0.15) is 25.3 Å². The summed E-state index contributed by atoms with van der Waals surface area (Å²) >= 11 is 1.81. The second-order valence-corrected chi connectivity index (χ2v) is 6.14. The van der Waals surface area contributed by atoms with E-state index < -0.39 is 0 Å². The van der Waals surface area contributed by atoms with Gasteiger partial charge in [-0.25, -0.2) is 0 Å². The number of H-pyrrole nitrogens is 1.